The third kappa shape index (κ3) is 5.17. The molecule has 0 N–H and O–H groups in total. The SMILES string of the molecule is CC(C)OC(=O)CCSc1ccc(F)c(F)c1. The van der Waals surface area contributed by atoms with Crippen molar-refractivity contribution in [1.29, 1.82) is 0 Å². The highest BCUT2D eigenvalue weighted by Gasteiger charge is 2.07. The number of hydrogen-bond donors (Lipinski definition) is 0. The van der Waals surface area contributed by atoms with Crippen LogP contribution in [0.4, 0.5) is 8.78 Å². The van der Waals surface area contributed by atoms with Gasteiger partial charge >= 0.3 is 5.97 Å². The lowest BCUT2D eigenvalue weighted by Crippen LogP contribution is -2.11. The maximum atomic E-state index is 12.9. The molecule has 0 aliphatic heterocycles. The number of thioether (sulfide) groups is 1. The summed E-state index contributed by atoms with van der Waals surface area (Å²) in [5.41, 5.74) is 0. The van der Waals surface area contributed by atoms with Crippen LogP contribution in [0.2, 0.25) is 0 Å². The van der Waals surface area contributed by atoms with E-state index in [1.54, 1.807) is 13.8 Å². The van der Waals surface area contributed by atoms with Crippen molar-refractivity contribution in [3.63, 3.8) is 0 Å². The van der Waals surface area contributed by atoms with E-state index in [0.29, 0.717) is 10.6 Å². The maximum Gasteiger partial charge on any atom is 0.306 e. The van der Waals surface area contributed by atoms with Gasteiger partial charge in [0.15, 0.2) is 11.6 Å². The van der Waals surface area contributed by atoms with E-state index in [-0.39, 0.29) is 18.5 Å². The van der Waals surface area contributed by atoms with Crippen LogP contribution in [0.5, 0.6) is 0 Å². The Kier molecular flexibility index (Phi) is 5.41. The summed E-state index contributed by atoms with van der Waals surface area (Å²) in [7, 11) is 0. The molecule has 0 aliphatic carbocycles. The molecule has 94 valence electrons. The number of halogens is 2. The summed E-state index contributed by atoms with van der Waals surface area (Å²) in [5, 5.41) is 0. The van der Waals surface area contributed by atoms with Gasteiger partial charge in [-0.2, -0.15) is 0 Å². The predicted octanol–water partition coefficient (Wildman–Crippen LogP) is 3.40. The smallest absolute Gasteiger partial charge is 0.306 e. The van der Waals surface area contributed by atoms with Gasteiger partial charge in [0, 0.05) is 10.6 Å². The predicted molar refractivity (Wildman–Crippen MR) is 62.9 cm³/mol. The Bertz CT molecular complexity index is 394. The molecule has 2 nitrogen and oxygen atoms in total. The second-order valence-corrected chi connectivity index (χ2v) is 4.88. The van der Waals surface area contributed by atoms with Gasteiger partial charge < -0.3 is 4.74 Å². The van der Waals surface area contributed by atoms with Gasteiger partial charge in [-0.1, -0.05) is 0 Å². The van der Waals surface area contributed by atoms with Crippen molar-refractivity contribution in [3.8, 4) is 0 Å². The summed E-state index contributed by atoms with van der Waals surface area (Å²) < 4.78 is 30.4. The largest absolute Gasteiger partial charge is 0.463 e. The molecule has 5 heteroatoms. The van der Waals surface area contributed by atoms with E-state index in [4.69, 9.17) is 4.74 Å². The zero-order chi connectivity index (χ0) is 12.8. The molecule has 0 fully saturated rings. The lowest BCUT2D eigenvalue weighted by Gasteiger charge is -2.07. The Morgan fingerprint density at radius 2 is 2.06 bits per heavy atom. The molecule has 0 spiro atoms. The Hall–Kier alpha value is -1.10. The van der Waals surface area contributed by atoms with Crippen LogP contribution in [-0.4, -0.2) is 17.8 Å². The van der Waals surface area contributed by atoms with Crippen LogP contribution in [0, 0.1) is 11.6 Å². The van der Waals surface area contributed by atoms with Crippen molar-refractivity contribution >= 4 is 17.7 Å². The van der Waals surface area contributed by atoms with Gasteiger partial charge in [0.05, 0.1) is 12.5 Å². The summed E-state index contributed by atoms with van der Waals surface area (Å²) in [5.74, 6) is -1.54. The molecule has 0 saturated carbocycles. The van der Waals surface area contributed by atoms with Crippen molar-refractivity contribution in [1.82, 2.24) is 0 Å². The molecule has 0 radical (unpaired) electrons. The molecule has 0 unspecified atom stereocenters. The number of ether oxygens (including phenoxy) is 1. The second-order valence-electron chi connectivity index (χ2n) is 3.71. The zero-order valence-corrected chi connectivity index (χ0v) is 10.5. The number of carbonyl (C=O) groups is 1. The number of esters is 1. The zero-order valence-electron chi connectivity index (χ0n) is 9.70. The molecule has 0 amide bonds. The maximum absolute atomic E-state index is 12.9. The average Bonchev–Trinajstić information content (AvgIpc) is 2.22. The standard InChI is InChI=1S/C12H14F2O2S/c1-8(2)16-12(15)5-6-17-9-3-4-10(13)11(14)7-9/h3-4,7-8H,5-6H2,1-2H3. The molecule has 17 heavy (non-hydrogen) atoms. The minimum atomic E-state index is -0.875. The molecule has 0 atom stereocenters. The first-order valence-corrected chi connectivity index (χ1v) is 6.25. The first-order valence-electron chi connectivity index (χ1n) is 5.26. The van der Waals surface area contributed by atoms with Crippen molar-refractivity contribution in [2.24, 2.45) is 0 Å². The molecule has 1 aromatic carbocycles. The quantitative estimate of drug-likeness (QED) is 0.599. The minimum absolute atomic E-state index is 0.129. The van der Waals surface area contributed by atoms with Crippen molar-refractivity contribution < 1.29 is 18.3 Å². The number of carbonyl (C=O) groups excluding carboxylic acids is 1. The van der Waals surface area contributed by atoms with E-state index in [2.05, 4.69) is 0 Å². The highest BCUT2D eigenvalue weighted by molar-refractivity contribution is 7.99. The molecular formula is C12H14F2O2S. The Labute approximate surface area is 103 Å². The van der Waals surface area contributed by atoms with Gasteiger partial charge in [-0.05, 0) is 32.0 Å². The fourth-order valence-electron chi connectivity index (χ4n) is 1.14. The van der Waals surface area contributed by atoms with Crippen molar-refractivity contribution in [2.45, 2.75) is 31.3 Å². The fraction of sp³-hybridized carbons (Fsp3) is 0.417. The lowest BCUT2D eigenvalue weighted by molar-refractivity contribution is -0.146. The summed E-state index contributed by atoms with van der Waals surface area (Å²) >= 11 is 1.29. The van der Waals surface area contributed by atoms with E-state index < -0.39 is 11.6 Å². The summed E-state index contributed by atoms with van der Waals surface area (Å²) in [6.45, 7) is 3.56. The van der Waals surface area contributed by atoms with E-state index in [0.717, 1.165) is 12.1 Å². The minimum Gasteiger partial charge on any atom is -0.463 e. The highest BCUT2D eigenvalue weighted by atomic mass is 32.2. The molecule has 1 rings (SSSR count). The van der Waals surface area contributed by atoms with Gasteiger partial charge in [-0.3, -0.25) is 4.79 Å². The van der Waals surface area contributed by atoms with Crippen LogP contribution in [0.15, 0.2) is 23.1 Å². The number of hydrogen-bond acceptors (Lipinski definition) is 3. The molecule has 1 aromatic rings. The highest BCUT2D eigenvalue weighted by Crippen LogP contribution is 2.21. The van der Waals surface area contributed by atoms with Gasteiger partial charge in [0.1, 0.15) is 0 Å². The normalized spacial score (nSPS) is 10.6. The van der Waals surface area contributed by atoms with Crippen LogP contribution in [0.3, 0.4) is 0 Å². The third-order valence-corrected chi connectivity index (χ3v) is 2.83. The van der Waals surface area contributed by atoms with Crippen LogP contribution in [0.25, 0.3) is 0 Å². The fourth-order valence-corrected chi connectivity index (χ4v) is 2.00. The molecule has 0 saturated heterocycles. The van der Waals surface area contributed by atoms with Crippen LogP contribution in [0.1, 0.15) is 20.3 Å². The van der Waals surface area contributed by atoms with E-state index in [9.17, 15) is 13.6 Å². The molecule has 0 aromatic heterocycles. The third-order valence-electron chi connectivity index (χ3n) is 1.83. The van der Waals surface area contributed by atoms with Gasteiger partial charge in [0.2, 0.25) is 0 Å². The Morgan fingerprint density at radius 3 is 2.65 bits per heavy atom. The lowest BCUT2D eigenvalue weighted by atomic mass is 10.3. The summed E-state index contributed by atoms with van der Waals surface area (Å²) in [6, 6.07) is 3.68. The van der Waals surface area contributed by atoms with E-state index in [1.165, 1.54) is 17.8 Å². The topological polar surface area (TPSA) is 26.3 Å². The van der Waals surface area contributed by atoms with Gasteiger partial charge in [-0.25, -0.2) is 8.78 Å². The van der Waals surface area contributed by atoms with E-state index in [1.807, 2.05) is 0 Å². The Balaban J connectivity index is 2.36. The first-order chi connectivity index (χ1) is 7.99. The number of benzene rings is 1. The molecule has 0 heterocycles. The van der Waals surface area contributed by atoms with Crippen molar-refractivity contribution in [3.05, 3.63) is 29.8 Å². The first kappa shape index (κ1) is 14.0. The van der Waals surface area contributed by atoms with Crippen molar-refractivity contribution in [2.75, 3.05) is 5.75 Å². The van der Waals surface area contributed by atoms with Crippen LogP contribution < -0.4 is 0 Å². The summed E-state index contributed by atoms with van der Waals surface area (Å²) in [6.07, 6.45) is 0.123. The van der Waals surface area contributed by atoms with Crippen LogP contribution >= 0.6 is 11.8 Å². The van der Waals surface area contributed by atoms with Gasteiger partial charge in [-0.15, -0.1) is 11.8 Å². The second kappa shape index (κ2) is 6.59. The van der Waals surface area contributed by atoms with Gasteiger partial charge in [0.25, 0.3) is 0 Å². The molecule has 0 aliphatic rings. The number of rotatable bonds is 5. The van der Waals surface area contributed by atoms with Crippen LogP contribution in [-0.2, 0) is 9.53 Å². The molecular weight excluding hydrogens is 246 g/mol. The molecule has 0 bridgehead atoms. The average molecular weight is 260 g/mol. The Morgan fingerprint density at radius 1 is 1.35 bits per heavy atom. The monoisotopic (exact) mass is 260 g/mol. The van der Waals surface area contributed by atoms with E-state index >= 15 is 0 Å². The summed E-state index contributed by atoms with van der Waals surface area (Å²) in [4.78, 5) is 11.8.